The zero-order valence-electron chi connectivity index (χ0n) is 9.15. The van der Waals surface area contributed by atoms with Crippen LogP contribution >= 0.6 is 0 Å². The van der Waals surface area contributed by atoms with Gasteiger partial charge in [-0.3, -0.25) is 0 Å². The smallest absolute Gasteiger partial charge is 0.550 e. The van der Waals surface area contributed by atoms with E-state index in [9.17, 15) is 0 Å². The molecule has 0 bridgehead atoms. The van der Waals surface area contributed by atoms with Gasteiger partial charge in [0.1, 0.15) is 0 Å². The molecule has 5 heteroatoms. The van der Waals surface area contributed by atoms with E-state index in [0.29, 0.717) is 0 Å². The van der Waals surface area contributed by atoms with Crippen molar-refractivity contribution in [3.63, 3.8) is 0 Å². The van der Waals surface area contributed by atoms with Crippen LogP contribution in [0.5, 0.6) is 0 Å². The molecule has 0 saturated carbocycles. The molecular weight excluding hydrogens is 311 g/mol. The summed E-state index contributed by atoms with van der Waals surface area (Å²) < 4.78 is 0. The maximum absolute atomic E-state index is 8.89. The third-order valence-corrected chi connectivity index (χ3v) is 1.03. The van der Waals surface area contributed by atoms with Crippen LogP contribution in [0.2, 0.25) is 0 Å². The van der Waals surface area contributed by atoms with Gasteiger partial charge in [-0.2, -0.15) is 36.4 Å². The molecular formula is C12H11N2O2Pd-. The molecule has 0 radical (unpaired) electrons. The van der Waals surface area contributed by atoms with Gasteiger partial charge < -0.3 is 19.9 Å². The number of carboxylic acids is 1. The van der Waals surface area contributed by atoms with Crippen molar-refractivity contribution in [1.82, 2.24) is 9.97 Å². The Hall–Kier alpha value is -1.57. The van der Waals surface area contributed by atoms with E-state index < -0.39 is 5.97 Å². The van der Waals surface area contributed by atoms with E-state index in [2.05, 4.69) is 22.4 Å². The standard InChI is InChI=1S/2C5H4N.C2H4O2.Pd/c2*1-2-4-6-5-3-1;1-2(3)4;/h2*1-4H;1H3,(H,3,4);/q2*-1;;+2/p-1. The number of hydrogen-bond acceptors (Lipinski definition) is 4. The molecule has 0 atom stereocenters. The number of aromatic nitrogens is 2. The molecule has 17 heavy (non-hydrogen) atoms. The third kappa shape index (κ3) is 20.5. The molecule has 2 aromatic rings. The minimum absolute atomic E-state index is 0. The summed E-state index contributed by atoms with van der Waals surface area (Å²) in [7, 11) is 0. The van der Waals surface area contributed by atoms with Crippen molar-refractivity contribution in [2.75, 3.05) is 0 Å². The summed E-state index contributed by atoms with van der Waals surface area (Å²) >= 11 is 0. The topological polar surface area (TPSA) is 65.9 Å². The monoisotopic (exact) mass is 321 g/mol. The van der Waals surface area contributed by atoms with E-state index in [1.807, 2.05) is 24.3 Å². The van der Waals surface area contributed by atoms with Crippen LogP contribution in [0.4, 0.5) is 0 Å². The normalized spacial score (nSPS) is 7.12. The first-order valence-corrected chi connectivity index (χ1v) is 4.45. The van der Waals surface area contributed by atoms with Gasteiger partial charge in [0.15, 0.2) is 0 Å². The zero-order chi connectivity index (χ0) is 12.1. The summed E-state index contributed by atoms with van der Waals surface area (Å²) in [4.78, 5) is 16.2. The van der Waals surface area contributed by atoms with Crippen molar-refractivity contribution in [1.29, 1.82) is 0 Å². The summed E-state index contributed by atoms with van der Waals surface area (Å²) in [6, 6.07) is 11.0. The molecule has 92 valence electrons. The molecule has 0 amide bonds. The fourth-order valence-corrected chi connectivity index (χ4v) is 0.555. The van der Waals surface area contributed by atoms with Crippen molar-refractivity contribution in [2.45, 2.75) is 6.92 Å². The molecule has 0 fully saturated rings. The minimum atomic E-state index is -1.08. The number of hydrogen-bond donors (Lipinski definition) is 0. The second-order valence-corrected chi connectivity index (χ2v) is 2.41. The summed E-state index contributed by atoms with van der Waals surface area (Å²) in [5.74, 6) is -1.08. The molecule has 0 aliphatic rings. The first kappa shape index (κ1) is 17.8. The molecule has 2 heterocycles. The quantitative estimate of drug-likeness (QED) is 0.524. The Morgan fingerprint density at radius 2 is 1.35 bits per heavy atom. The molecule has 0 unspecified atom stereocenters. The van der Waals surface area contributed by atoms with Gasteiger partial charge in [-0.15, -0.1) is 0 Å². The van der Waals surface area contributed by atoms with Crippen molar-refractivity contribution in [2.24, 2.45) is 0 Å². The Bertz CT molecular complexity index is 268. The number of nitrogens with zero attached hydrogens (tertiary/aromatic N) is 2. The van der Waals surface area contributed by atoms with Crippen LogP contribution in [0.15, 0.2) is 48.8 Å². The van der Waals surface area contributed by atoms with Crippen LogP contribution in [0.3, 0.4) is 0 Å². The van der Waals surface area contributed by atoms with Gasteiger partial charge in [0.25, 0.3) is 0 Å². The van der Waals surface area contributed by atoms with E-state index in [1.165, 1.54) is 0 Å². The van der Waals surface area contributed by atoms with E-state index in [4.69, 9.17) is 9.90 Å². The Morgan fingerprint density at radius 1 is 1.00 bits per heavy atom. The van der Waals surface area contributed by atoms with Crippen LogP contribution in [0, 0.1) is 12.4 Å². The Kier molecular flexibility index (Phi) is 15.1. The van der Waals surface area contributed by atoms with Gasteiger partial charge in [0, 0.05) is 5.97 Å². The van der Waals surface area contributed by atoms with Gasteiger partial charge in [-0.25, -0.2) is 0 Å². The fourth-order valence-electron chi connectivity index (χ4n) is 0.555. The number of carboxylic acid groups (broad SMARTS) is 1. The summed E-state index contributed by atoms with van der Waals surface area (Å²) in [6.45, 7) is 0.972. The number of pyridine rings is 2. The zero-order valence-corrected chi connectivity index (χ0v) is 10.7. The largest absolute Gasteiger partial charge is 2.00 e. The van der Waals surface area contributed by atoms with Crippen LogP contribution in [-0.2, 0) is 25.2 Å². The average Bonchev–Trinajstić information content (AvgIpc) is 2.34. The predicted octanol–water partition coefficient (Wildman–Crippen LogP) is 0.517. The van der Waals surface area contributed by atoms with Gasteiger partial charge in [0.2, 0.25) is 0 Å². The summed E-state index contributed by atoms with van der Waals surface area (Å²) in [6.07, 6.45) is 8.67. The van der Waals surface area contributed by atoms with Crippen LogP contribution in [0.1, 0.15) is 6.92 Å². The minimum Gasteiger partial charge on any atom is -0.550 e. The van der Waals surface area contributed by atoms with Crippen LogP contribution < -0.4 is 5.11 Å². The molecule has 0 aliphatic carbocycles. The molecule has 0 spiro atoms. The molecule has 0 aliphatic heterocycles. The molecule has 0 N–H and O–H groups in total. The van der Waals surface area contributed by atoms with Gasteiger partial charge in [-0.1, -0.05) is 24.8 Å². The molecule has 4 nitrogen and oxygen atoms in total. The maximum Gasteiger partial charge on any atom is 2.00 e. The van der Waals surface area contributed by atoms with Gasteiger partial charge in [0.05, 0.1) is 0 Å². The van der Waals surface area contributed by atoms with E-state index in [-0.39, 0.29) is 20.4 Å². The Morgan fingerprint density at radius 3 is 1.41 bits per heavy atom. The Labute approximate surface area is 114 Å². The second-order valence-electron chi connectivity index (χ2n) is 2.41. The third-order valence-electron chi connectivity index (χ3n) is 1.03. The molecule has 2 aromatic heterocycles. The van der Waals surface area contributed by atoms with Crippen molar-refractivity contribution < 1.29 is 30.3 Å². The van der Waals surface area contributed by atoms with Crippen molar-refractivity contribution in [3.05, 3.63) is 61.2 Å². The molecule has 0 aromatic carbocycles. The van der Waals surface area contributed by atoms with Crippen molar-refractivity contribution in [3.8, 4) is 0 Å². The average molecular weight is 322 g/mol. The first-order valence-electron chi connectivity index (χ1n) is 4.45. The fraction of sp³-hybridized carbons (Fsp3) is 0.0833. The van der Waals surface area contributed by atoms with Crippen LogP contribution in [-0.4, -0.2) is 15.9 Å². The molecule has 0 saturated heterocycles. The SMILES string of the molecule is CC(=O)[O-].[Pd+2].[c-]1ccccn1.[c-]1ccccn1. The first-order chi connectivity index (χ1) is 7.73. The van der Waals surface area contributed by atoms with E-state index >= 15 is 0 Å². The summed E-state index contributed by atoms with van der Waals surface area (Å²) in [5.41, 5.74) is 0. The number of aliphatic carboxylic acids is 1. The Balaban J connectivity index is 0. The summed E-state index contributed by atoms with van der Waals surface area (Å²) in [5, 5.41) is 8.89. The number of rotatable bonds is 0. The molecule has 2 rings (SSSR count). The van der Waals surface area contributed by atoms with Gasteiger partial charge >= 0.3 is 20.4 Å². The van der Waals surface area contributed by atoms with Crippen LogP contribution in [0.25, 0.3) is 0 Å². The predicted molar refractivity (Wildman–Crippen MR) is 56.8 cm³/mol. The number of carbonyl (C=O) groups is 1. The maximum atomic E-state index is 8.89. The second kappa shape index (κ2) is 14.4. The van der Waals surface area contributed by atoms with E-state index in [1.54, 1.807) is 24.5 Å². The van der Waals surface area contributed by atoms with E-state index in [0.717, 1.165) is 6.92 Å². The van der Waals surface area contributed by atoms with Crippen molar-refractivity contribution >= 4 is 5.97 Å². The van der Waals surface area contributed by atoms with Gasteiger partial charge in [-0.05, 0) is 6.92 Å². The number of carbonyl (C=O) groups excluding carboxylic acids is 1.